The molecule has 2 aliphatic heterocycles. The number of hydrogen-bond donors (Lipinski definition) is 2. The van der Waals surface area contributed by atoms with Gasteiger partial charge in [-0.25, -0.2) is 9.97 Å². The monoisotopic (exact) mass is 493 g/mol. The summed E-state index contributed by atoms with van der Waals surface area (Å²) in [6, 6.07) is 8.17. The fraction of sp³-hybridized carbons (Fsp3) is 0.571. The maximum Gasteiger partial charge on any atom is 0.276 e. The van der Waals surface area contributed by atoms with Crippen molar-refractivity contribution in [3.05, 3.63) is 47.9 Å². The number of nitrogens with zero attached hydrogens (tertiary/aromatic N) is 3. The van der Waals surface area contributed by atoms with Gasteiger partial charge in [0.25, 0.3) is 5.91 Å². The highest BCUT2D eigenvalue weighted by molar-refractivity contribution is 5.96. The molecule has 4 rings (SSSR count). The summed E-state index contributed by atoms with van der Waals surface area (Å²) in [6.45, 7) is 5.78. The highest BCUT2D eigenvalue weighted by Gasteiger charge is 2.43. The molecule has 8 nitrogen and oxygen atoms in total. The first kappa shape index (κ1) is 25.9. The van der Waals surface area contributed by atoms with E-state index in [4.69, 9.17) is 10.5 Å². The normalized spacial score (nSPS) is 20.9. The van der Waals surface area contributed by atoms with Gasteiger partial charge in [-0.05, 0) is 56.1 Å². The van der Waals surface area contributed by atoms with Crippen LogP contribution in [0, 0.1) is 11.3 Å². The molecule has 2 aliphatic rings. The number of carbonyl (C=O) groups excluding carboxylic acids is 2. The Hall–Kier alpha value is -3.16. The number of anilines is 1. The third kappa shape index (κ3) is 6.15. The first-order chi connectivity index (χ1) is 17.4. The van der Waals surface area contributed by atoms with Crippen LogP contribution < -0.4 is 15.8 Å². The van der Waals surface area contributed by atoms with Crippen LogP contribution in [0.25, 0.3) is 0 Å². The number of para-hydroxylation sites is 1. The summed E-state index contributed by atoms with van der Waals surface area (Å²) in [4.78, 5) is 36.7. The fourth-order valence-corrected chi connectivity index (χ4v) is 5.47. The minimum absolute atomic E-state index is 0.0674. The van der Waals surface area contributed by atoms with E-state index >= 15 is 0 Å². The van der Waals surface area contributed by atoms with E-state index in [1.54, 1.807) is 4.90 Å². The number of fused-ring (bicyclic) bond motifs is 1. The lowest BCUT2D eigenvalue weighted by atomic mass is 9.73. The van der Waals surface area contributed by atoms with Crippen molar-refractivity contribution in [2.24, 2.45) is 11.3 Å². The van der Waals surface area contributed by atoms with E-state index in [0.717, 1.165) is 44.3 Å². The second-order valence-electron chi connectivity index (χ2n) is 10.6. The molecule has 8 heteroatoms. The summed E-state index contributed by atoms with van der Waals surface area (Å²) in [5.41, 5.74) is 6.82. The van der Waals surface area contributed by atoms with Gasteiger partial charge in [-0.3, -0.25) is 9.59 Å². The third-order valence-corrected chi connectivity index (χ3v) is 7.52. The number of carbonyl (C=O) groups is 2. The first-order valence-corrected chi connectivity index (χ1v) is 13.3. The number of nitrogen functional groups attached to an aromatic ring is 1. The number of aryl methyl sites for hydroxylation is 1. The molecule has 0 aliphatic carbocycles. The second kappa shape index (κ2) is 11.7. The maximum absolute atomic E-state index is 13.8. The van der Waals surface area contributed by atoms with E-state index in [1.807, 2.05) is 12.1 Å². The Kier molecular flexibility index (Phi) is 8.44. The van der Waals surface area contributed by atoms with Gasteiger partial charge in [-0.15, -0.1) is 0 Å². The van der Waals surface area contributed by atoms with E-state index < -0.39 is 5.41 Å². The van der Waals surface area contributed by atoms with Crippen LogP contribution in [-0.2, 0) is 11.2 Å². The van der Waals surface area contributed by atoms with Crippen LogP contribution in [0.2, 0.25) is 0 Å². The van der Waals surface area contributed by atoms with Gasteiger partial charge in [0.1, 0.15) is 12.4 Å². The lowest BCUT2D eigenvalue weighted by Crippen LogP contribution is -2.53. The van der Waals surface area contributed by atoms with Gasteiger partial charge in [0.2, 0.25) is 5.91 Å². The van der Waals surface area contributed by atoms with Crippen molar-refractivity contribution in [2.75, 3.05) is 25.4 Å². The Labute approximate surface area is 214 Å². The molecule has 1 spiro atoms. The van der Waals surface area contributed by atoms with Crippen LogP contribution in [0.15, 0.2) is 36.7 Å². The van der Waals surface area contributed by atoms with Crippen molar-refractivity contribution in [3.63, 3.8) is 0 Å². The van der Waals surface area contributed by atoms with Gasteiger partial charge in [0.15, 0.2) is 11.5 Å². The number of amides is 2. The quantitative estimate of drug-likeness (QED) is 0.669. The van der Waals surface area contributed by atoms with Gasteiger partial charge in [-0.2, -0.15) is 0 Å². The van der Waals surface area contributed by atoms with Crippen molar-refractivity contribution in [1.29, 1.82) is 0 Å². The fourth-order valence-electron chi connectivity index (χ4n) is 5.47. The Morgan fingerprint density at radius 2 is 1.89 bits per heavy atom. The number of rotatable bonds is 3. The largest absolute Gasteiger partial charge is 0.491 e. The minimum atomic E-state index is -0.485. The van der Waals surface area contributed by atoms with E-state index in [2.05, 4.69) is 41.3 Å². The van der Waals surface area contributed by atoms with Crippen LogP contribution in [0.3, 0.4) is 0 Å². The highest BCUT2D eigenvalue weighted by atomic mass is 16.5. The topological polar surface area (TPSA) is 110 Å². The Morgan fingerprint density at radius 1 is 1.14 bits per heavy atom. The van der Waals surface area contributed by atoms with Crippen LogP contribution in [-0.4, -0.2) is 52.4 Å². The molecule has 2 amide bonds. The second-order valence-corrected chi connectivity index (χ2v) is 10.6. The van der Waals surface area contributed by atoms with E-state index in [9.17, 15) is 9.59 Å². The number of ether oxygens (including phenoxy) is 1. The number of piperidine rings is 1. The summed E-state index contributed by atoms with van der Waals surface area (Å²) in [6.07, 6.45) is 9.95. The molecule has 1 saturated heterocycles. The molecular formula is C28H39N5O3. The third-order valence-electron chi connectivity index (χ3n) is 7.52. The van der Waals surface area contributed by atoms with Gasteiger partial charge < -0.3 is 20.7 Å². The molecule has 1 aromatic carbocycles. The number of aromatic nitrogens is 2. The van der Waals surface area contributed by atoms with E-state index in [1.165, 1.54) is 18.0 Å². The predicted molar refractivity (Wildman–Crippen MR) is 140 cm³/mol. The van der Waals surface area contributed by atoms with Crippen molar-refractivity contribution >= 4 is 17.6 Å². The summed E-state index contributed by atoms with van der Waals surface area (Å²) < 4.78 is 6.26. The number of nitrogens with one attached hydrogen (secondary N) is 1. The molecule has 36 heavy (non-hydrogen) atoms. The van der Waals surface area contributed by atoms with Gasteiger partial charge in [-0.1, -0.05) is 44.9 Å². The van der Waals surface area contributed by atoms with Crippen LogP contribution >= 0.6 is 0 Å². The van der Waals surface area contributed by atoms with E-state index in [-0.39, 0.29) is 29.4 Å². The number of likely N-dealkylation sites (tertiary alicyclic amines) is 1. The first-order valence-electron chi connectivity index (χ1n) is 13.3. The molecule has 194 valence electrons. The molecule has 0 radical (unpaired) electrons. The molecule has 2 aromatic rings. The highest BCUT2D eigenvalue weighted by Crippen LogP contribution is 2.38. The summed E-state index contributed by atoms with van der Waals surface area (Å²) in [5.74, 6) is 1.36. The molecule has 1 aromatic heterocycles. The number of hydrogen-bond acceptors (Lipinski definition) is 6. The zero-order valence-electron chi connectivity index (χ0n) is 21.5. The zero-order chi connectivity index (χ0) is 25.5. The summed E-state index contributed by atoms with van der Waals surface area (Å²) >= 11 is 0. The van der Waals surface area contributed by atoms with Crippen LogP contribution in [0.1, 0.15) is 74.8 Å². The van der Waals surface area contributed by atoms with Crippen molar-refractivity contribution < 1.29 is 14.3 Å². The molecule has 3 N–H and O–H groups in total. The Bertz CT molecular complexity index is 1050. The lowest BCUT2D eigenvalue weighted by Gasteiger charge is -2.41. The van der Waals surface area contributed by atoms with Crippen molar-refractivity contribution in [1.82, 2.24) is 20.2 Å². The lowest BCUT2D eigenvalue weighted by molar-refractivity contribution is -0.135. The van der Waals surface area contributed by atoms with E-state index in [0.29, 0.717) is 38.5 Å². The summed E-state index contributed by atoms with van der Waals surface area (Å²) in [7, 11) is 0. The minimum Gasteiger partial charge on any atom is -0.491 e. The molecule has 1 atom stereocenters. The average Bonchev–Trinajstić information content (AvgIpc) is 2.88. The Balaban J connectivity index is 1.50. The van der Waals surface area contributed by atoms with Crippen molar-refractivity contribution in [3.8, 4) is 5.75 Å². The van der Waals surface area contributed by atoms with Crippen molar-refractivity contribution in [2.45, 2.75) is 71.3 Å². The molecule has 0 bridgehead atoms. The van der Waals surface area contributed by atoms with Crippen LogP contribution in [0.5, 0.6) is 5.75 Å². The number of nitrogens with two attached hydrogens (primary N) is 1. The predicted octanol–water partition coefficient (Wildman–Crippen LogP) is 4.01. The van der Waals surface area contributed by atoms with Crippen LogP contribution in [0.4, 0.5) is 5.82 Å². The van der Waals surface area contributed by atoms with Gasteiger partial charge in [0, 0.05) is 25.5 Å². The standard InChI is InChI=1S/C28H39N5O3/c1-20(2)18-22-19-36-23-10-6-5-9-21(23)8-4-3-7-11-28(27(35)32-22)12-16-33(17-13-28)26(34)24-25(29)31-15-14-30-24/h5-6,9-10,14-15,20,22H,3-4,7-8,11-13,16-19H2,1-2H3,(H2,29,31)(H,32,35)/t22-/m0/s1. The smallest absolute Gasteiger partial charge is 0.276 e. The zero-order valence-corrected chi connectivity index (χ0v) is 21.5. The molecule has 3 heterocycles. The molecule has 0 unspecified atom stereocenters. The summed E-state index contributed by atoms with van der Waals surface area (Å²) in [5, 5.41) is 3.35. The molecule has 1 fully saturated rings. The van der Waals surface area contributed by atoms with Gasteiger partial charge >= 0.3 is 0 Å². The average molecular weight is 494 g/mol. The van der Waals surface area contributed by atoms with Gasteiger partial charge in [0.05, 0.1) is 11.5 Å². The molecular weight excluding hydrogens is 454 g/mol. The maximum atomic E-state index is 13.8. The Morgan fingerprint density at radius 3 is 2.64 bits per heavy atom. The number of benzene rings is 1. The SMILES string of the molecule is CC(C)C[C@H]1COc2ccccc2CCCCCC2(CCN(C(=O)c3nccnc3N)CC2)C(=O)N1. The molecule has 0 saturated carbocycles.